The van der Waals surface area contributed by atoms with E-state index in [9.17, 15) is 17.7 Å². The Bertz CT molecular complexity index is 1140. The highest BCUT2D eigenvalue weighted by Gasteiger charge is 2.27. The van der Waals surface area contributed by atoms with Crippen LogP contribution in [0.2, 0.25) is 5.15 Å². The maximum atomic E-state index is 14.7. The first-order valence-corrected chi connectivity index (χ1v) is 12.1. The SMILES string of the molecule is Cc1nc(NC(C)c2cccc(C(F)F)c2F)c2cc(C3CC[S+]([O-])CC3)c(Cl)nc2n1. The number of nitrogens with one attached hydrogen (secondary N) is 1. The highest BCUT2D eigenvalue weighted by Crippen LogP contribution is 2.36. The Balaban J connectivity index is 1.72. The van der Waals surface area contributed by atoms with E-state index >= 15 is 0 Å². The van der Waals surface area contributed by atoms with Crippen LogP contribution in [-0.4, -0.2) is 31.0 Å². The average molecular weight is 483 g/mol. The molecule has 10 heteroatoms. The predicted octanol–water partition coefficient (Wildman–Crippen LogP) is 5.86. The van der Waals surface area contributed by atoms with E-state index in [0.717, 1.165) is 24.5 Å². The molecule has 3 heterocycles. The number of aromatic nitrogens is 3. The lowest BCUT2D eigenvalue weighted by Crippen LogP contribution is -2.22. The van der Waals surface area contributed by atoms with E-state index in [1.807, 2.05) is 6.07 Å². The number of nitrogens with zero attached hydrogens (tertiary/aromatic N) is 3. The van der Waals surface area contributed by atoms with Crippen LogP contribution in [0.1, 0.15) is 60.7 Å². The number of halogens is 4. The number of benzene rings is 1. The highest BCUT2D eigenvalue weighted by molar-refractivity contribution is 7.91. The summed E-state index contributed by atoms with van der Waals surface area (Å²) in [6, 6.07) is 5.20. The summed E-state index contributed by atoms with van der Waals surface area (Å²) in [5.74, 6) is 1.29. The van der Waals surface area contributed by atoms with Gasteiger partial charge >= 0.3 is 0 Å². The van der Waals surface area contributed by atoms with Gasteiger partial charge in [-0.05, 0) is 44.2 Å². The Labute approximate surface area is 192 Å². The van der Waals surface area contributed by atoms with Gasteiger partial charge in [0.15, 0.2) is 5.65 Å². The van der Waals surface area contributed by atoms with E-state index in [-0.39, 0.29) is 11.5 Å². The molecule has 1 aliphatic heterocycles. The number of fused-ring (bicyclic) bond motifs is 1. The molecular weight excluding hydrogens is 461 g/mol. The van der Waals surface area contributed by atoms with Crippen LogP contribution in [-0.2, 0) is 11.2 Å². The van der Waals surface area contributed by atoms with Crippen LogP contribution in [0, 0.1) is 12.7 Å². The Hall–Kier alpha value is -2.10. The molecule has 1 unspecified atom stereocenters. The summed E-state index contributed by atoms with van der Waals surface area (Å²) < 4.78 is 52.6. The van der Waals surface area contributed by atoms with Crippen LogP contribution in [0.15, 0.2) is 24.3 Å². The Morgan fingerprint density at radius 1 is 1.16 bits per heavy atom. The third-order valence-corrected chi connectivity index (χ3v) is 7.41. The van der Waals surface area contributed by atoms with E-state index in [1.54, 1.807) is 13.8 Å². The van der Waals surface area contributed by atoms with Gasteiger partial charge in [0, 0.05) is 5.56 Å². The number of hydrogen-bond acceptors (Lipinski definition) is 5. The van der Waals surface area contributed by atoms with Crippen molar-refractivity contribution in [2.45, 2.75) is 45.1 Å². The van der Waals surface area contributed by atoms with Crippen LogP contribution >= 0.6 is 11.6 Å². The third-order valence-electron chi connectivity index (χ3n) is 5.72. The van der Waals surface area contributed by atoms with Gasteiger partial charge in [-0.2, -0.15) is 0 Å². The van der Waals surface area contributed by atoms with E-state index < -0.39 is 35.0 Å². The Morgan fingerprint density at radius 2 is 1.84 bits per heavy atom. The molecule has 170 valence electrons. The summed E-state index contributed by atoms with van der Waals surface area (Å²) in [6.45, 7) is 3.38. The minimum atomic E-state index is -2.90. The second kappa shape index (κ2) is 9.41. The van der Waals surface area contributed by atoms with Gasteiger partial charge in [0.2, 0.25) is 0 Å². The van der Waals surface area contributed by atoms with Gasteiger partial charge in [-0.15, -0.1) is 0 Å². The highest BCUT2D eigenvalue weighted by atomic mass is 35.5. The molecule has 3 aromatic rings. The minimum Gasteiger partial charge on any atom is -0.616 e. The molecule has 1 fully saturated rings. The quantitative estimate of drug-likeness (QED) is 0.364. The lowest BCUT2D eigenvalue weighted by Gasteiger charge is -2.25. The molecule has 0 amide bonds. The molecule has 0 spiro atoms. The molecule has 1 N–H and O–H groups in total. The summed E-state index contributed by atoms with van der Waals surface area (Å²) in [5, 5.41) is 4.10. The molecule has 1 aliphatic rings. The van der Waals surface area contributed by atoms with Crippen molar-refractivity contribution in [1.82, 2.24) is 15.0 Å². The molecule has 0 bridgehead atoms. The number of rotatable bonds is 5. The molecular formula is C22H22ClF3N4OS. The second-order valence-corrected chi connectivity index (χ2v) is 9.95. The number of hydrogen-bond donors (Lipinski definition) is 1. The summed E-state index contributed by atoms with van der Waals surface area (Å²) in [5.41, 5.74) is 0.710. The van der Waals surface area contributed by atoms with Crippen molar-refractivity contribution in [3.8, 4) is 0 Å². The number of pyridine rings is 1. The molecule has 0 aliphatic carbocycles. The number of anilines is 1. The Morgan fingerprint density at radius 3 is 2.53 bits per heavy atom. The fraction of sp³-hybridized carbons (Fsp3) is 0.409. The smallest absolute Gasteiger partial charge is 0.266 e. The largest absolute Gasteiger partial charge is 0.616 e. The minimum absolute atomic E-state index is 0.115. The second-order valence-electron chi connectivity index (χ2n) is 7.90. The maximum absolute atomic E-state index is 14.7. The summed E-state index contributed by atoms with van der Waals surface area (Å²) >= 11 is 5.66. The summed E-state index contributed by atoms with van der Waals surface area (Å²) in [6.07, 6.45) is -1.41. The van der Waals surface area contributed by atoms with Crippen LogP contribution < -0.4 is 5.32 Å². The predicted molar refractivity (Wildman–Crippen MR) is 120 cm³/mol. The zero-order valence-corrected chi connectivity index (χ0v) is 19.1. The van der Waals surface area contributed by atoms with Crippen LogP contribution in [0.4, 0.5) is 19.0 Å². The number of aryl methyl sites for hydroxylation is 1. The van der Waals surface area contributed by atoms with Crippen LogP contribution in [0.3, 0.4) is 0 Å². The van der Waals surface area contributed by atoms with E-state index in [2.05, 4.69) is 20.3 Å². The van der Waals surface area contributed by atoms with Gasteiger partial charge in [-0.3, -0.25) is 0 Å². The van der Waals surface area contributed by atoms with Crippen molar-refractivity contribution < 1.29 is 17.7 Å². The van der Waals surface area contributed by atoms with E-state index in [0.29, 0.717) is 39.3 Å². The fourth-order valence-electron chi connectivity index (χ4n) is 4.01. The fourth-order valence-corrected chi connectivity index (χ4v) is 5.60. The van der Waals surface area contributed by atoms with Crippen molar-refractivity contribution in [2.24, 2.45) is 0 Å². The third kappa shape index (κ3) is 4.65. The lowest BCUT2D eigenvalue weighted by atomic mass is 9.94. The molecule has 32 heavy (non-hydrogen) atoms. The molecule has 4 rings (SSSR count). The van der Waals surface area contributed by atoms with Crippen molar-refractivity contribution in [3.05, 3.63) is 57.8 Å². The first-order valence-electron chi connectivity index (χ1n) is 10.3. The standard InChI is InChI=1S/C22H22ClF3N4OS/c1-11(14-4-3-5-15(18(14)24)20(25)26)27-21-17-10-16(13-6-8-32(31)9-7-13)19(23)30-22(17)29-12(2)28-21/h3-5,10-11,13,20H,6-9H2,1-2H3,(H,27,28,29,30). The monoisotopic (exact) mass is 482 g/mol. The first kappa shape index (κ1) is 23.1. The van der Waals surface area contributed by atoms with Crippen molar-refractivity contribution in [3.63, 3.8) is 0 Å². The first-order chi connectivity index (χ1) is 15.2. The van der Waals surface area contributed by atoms with Gasteiger partial charge in [0.1, 0.15) is 34.1 Å². The van der Waals surface area contributed by atoms with Gasteiger partial charge < -0.3 is 9.87 Å². The van der Waals surface area contributed by atoms with Gasteiger partial charge in [-0.1, -0.05) is 41.0 Å². The van der Waals surface area contributed by atoms with Gasteiger partial charge in [0.05, 0.1) is 17.0 Å². The molecule has 0 radical (unpaired) electrons. The zero-order chi connectivity index (χ0) is 23.0. The van der Waals surface area contributed by atoms with Crippen molar-refractivity contribution >= 4 is 39.6 Å². The lowest BCUT2D eigenvalue weighted by molar-refractivity contribution is 0.146. The Kier molecular flexibility index (Phi) is 6.78. The molecule has 1 atom stereocenters. The molecule has 2 aromatic heterocycles. The van der Waals surface area contributed by atoms with E-state index in [1.165, 1.54) is 12.1 Å². The summed E-state index contributed by atoms with van der Waals surface area (Å²) in [4.78, 5) is 13.3. The van der Waals surface area contributed by atoms with Crippen molar-refractivity contribution in [1.29, 1.82) is 0 Å². The number of alkyl halides is 2. The topological polar surface area (TPSA) is 73.8 Å². The van der Waals surface area contributed by atoms with Crippen LogP contribution in [0.25, 0.3) is 11.0 Å². The van der Waals surface area contributed by atoms with Crippen LogP contribution in [0.5, 0.6) is 0 Å². The molecule has 1 saturated heterocycles. The molecule has 0 saturated carbocycles. The average Bonchev–Trinajstić information content (AvgIpc) is 2.73. The molecule has 1 aromatic carbocycles. The van der Waals surface area contributed by atoms with Gasteiger partial charge in [0.25, 0.3) is 6.43 Å². The van der Waals surface area contributed by atoms with E-state index in [4.69, 9.17) is 11.6 Å². The summed E-state index contributed by atoms with van der Waals surface area (Å²) in [7, 11) is 0. The van der Waals surface area contributed by atoms with Crippen molar-refractivity contribution in [2.75, 3.05) is 16.8 Å². The molecule has 5 nitrogen and oxygen atoms in total. The maximum Gasteiger partial charge on any atom is 0.266 e. The normalized spacial score (nSPS) is 20.0. The van der Waals surface area contributed by atoms with Gasteiger partial charge in [-0.25, -0.2) is 28.1 Å². The zero-order valence-electron chi connectivity index (χ0n) is 17.5.